The first-order chi connectivity index (χ1) is 10.8. The Kier molecular flexibility index (Phi) is 3.71. The molecule has 0 saturated heterocycles. The molecule has 8 heteroatoms. The summed E-state index contributed by atoms with van der Waals surface area (Å²) in [5, 5.41) is -0.407. The van der Waals surface area contributed by atoms with E-state index in [1.54, 1.807) is 12.1 Å². The van der Waals surface area contributed by atoms with E-state index in [0.29, 0.717) is 24.3 Å². The van der Waals surface area contributed by atoms with Gasteiger partial charge in [-0.05, 0) is 25.0 Å². The molecule has 2 aliphatic rings. The van der Waals surface area contributed by atoms with Crippen molar-refractivity contribution in [3.8, 4) is 0 Å². The summed E-state index contributed by atoms with van der Waals surface area (Å²) in [6, 6.07) is 6.15. The SMILES string of the molecule is CS(=O)(=O)C1CCCC1C(=O)ON1C(=O)c2ccccc2C1=O. The molecule has 0 spiro atoms. The van der Waals surface area contributed by atoms with E-state index in [4.69, 9.17) is 4.84 Å². The van der Waals surface area contributed by atoms with Gasteiger partial charge in [0.2, 0.25) is 0 Å². The number of hydrogen-bond donors (Lipinski definition) is 0. The molecular formula is C15H15NO6S. The molecular weight excluding hydrogens is 322 g/mol. The first-order valence-electron chi connectivity index (χ1n) is 7.19. The monoisotopic (exact) mass is 337 g/mol. The molecule has 7 nitrogen and oxygen atoms in total. The van der Waals surface area contributed by atoms with Gasteiger partial charge in [0, 0.05) is 6.26 Å². The molecule has 2 atom stereocenters. The third kappa shape index (κ3) is 2.63. The zero-order valence-electron chi connectivity index (χ0n) is 12.4. The van der Waals surface area contributed by atoms with E-state index in [-0.39, 0.29) is 11.1 Å². The molecule has 2 unspecified atom stereocenters. The first kappa shape index (κ1) is 15.7. The van der Waals surface area contributed by atoms with Crippen molar-refractivity contribution < 1.29 is 27.6 Å². The number of hydroxylamine groups is 2. The fraction of sp³-hybridized carbons (Fsp3) is 0.400. The van der Waals surface area contributed by atoms with Crippen LogP contribution in [0.1, 0.15) is 40.0 Å². The van der Waals surface area contributed by atoms with Crippen LogP contribution in [0.25, 0.3) is 0 Å². The van der Waals surface area contributed by atoms with Crippen LogP contribution in [0.15, 0.2) is 24.3 Å². The molecule has 1 heterocycles. The predicted molar refractivity (Wildman–Crippen MR) is 79.0 cm³/mol. The Hall–Kier alpha value is -2.22. The van der Waals surface area contributed by atoms with E-state index in [1.165, 1.54) is 12.1 Å². The van der Waals surface area contributed by atoms with Gasteiger partial charge in [0.1, 0.15) is 0 Å². The molecule has 0 aromatic heterocycles. The van der Waals surface area contributed by atoms with Gasteiger partial charge in [0.25, 0.3) is 11.8 Å². The van der Waals surface area contributed by atoms with Gasteiger partial charge in [0.05, 0.1) is 22.3 Å². The number of imide groups is 1. The van der Waals surface area contributed by atoms with Crippen LogP contribution in [0.3, 0.4) is 0 Å². The highest BCUT2D eigenvalue weighted by atomic mass is 32.2. The maximum absolute atomic E-state index is 12.3. The average molecular weight is 337 g/mol. The summed E-state index contributed by atoms with van der Waals surface area (Å²) in [4.78, 5) is 41.5. The lowest BCUT2D eigenvalue weighted by molar-refractivity contribution is -0.173. The molecule has 1 aliphatic heterocycles. The van der Waals surface area contributed by atoms with Crippen molar-refractivity contribution >= 4 is 27.6 Å². The van der Waals surface area contributed by atoms with E-state index in [9.17, 15) is 22.8 Å². The third-order valence-electron chi connectivity index (χ3n) is 4.24. The van der Waals surface area contributed by atoms with Crippen molar-refractivity contribution in [1.82, 2.24) is 5.06 Å². The lowest BCUT2D eigenvalue weighted by atomic mass is 10.1. The predicted octanol–water partition coefficient (Wildman–Crippen LogP) is 0.954. The van der Waals surface area contributed by atoms with Crippen molar-refractivity contribution in [3.63, 3.8) is 0 Å². The highest BCUT2D eigenvalue weighted by Gasteiger charge is 2.44. The Labute approximate surface area is 133 Å². The second-order valence-corrected chi connectivity index (χ2v) is 8.03. The Morgan fingerprint density at radius 2 is 1.70 bits per heavy atom. The number of rotatable bonds is 3. The second-order valence-electron chi connectivity index (χ2n) is 5.77. The van der Waals surface area contributed by atoms with Crippen LogP contribution in [-0.2, 0) is 19.5 Å². The number of carbonyl (C=O) groups is 3. The number of nitrogens with zero attached hydrogens (tertiary/aromatic N) is 1. The molecule has 0 bridgehead atoms. The zero-order valence-corrected chi connectivity index (χ0v) is 13.2. The number of carbonyl (C=O) groups excluding carboxylic acids is 3. The Morgan fingerprint density at radius 1 is 1.13 bits per heavy atom. The summed E-state index contributed by atoms with van der Waals surface area (Å²) in [6.07, 6.45) is 2.39. The van der Waals surface area contributed by atoms with Crippen LogP contribution in [0.2, 0.25) is 0 Å². The fourth-order valence-electron chi connectivity index (χ4n) is 3.12. The standard InChI is InChI=1S/C15H15NO6S/c1-23(20,21)12-8-4-7-11(12)15(19)22-16-13(17)9-5-2-3-6-10(9)14(16)18/h2-3,5-6,11-12H,4,7-8H2,1H3. The van der Waals surface area contributed by atoms with Crippen LogP contribution in [0.5, 0.6) is 0 Å². The van der Waals surface area contributed by atoms with Gasteiger partial charge in [-0.1, -0.05) is 23.6 Å². The topological polar surface area (TPSA) is 97.8 Å². The number of hydrogen-bond acceptors (Lipinski definition) is 6. The first-order valence-corrected chi connectivity index (χ1v) is 9.14. The highest BCUT2D eigenvalue weighted by molar-refractivity contribution is 7.91. The third-order valence-corrected chi connectivity index (χ3v) is 5.91. The Morgan fingerprint density at radius 3 is 2.22 bits per heavy atom. The summed E-state index contributed by atoms with van der Waals surface area (Å²) in [7, 11) is -3.40. The molecule has 1 saturated carbocycles. The quantitative estimate of drug-likeness (QED) is 0.762. The number of amides is 2. The molecule has 1 fully saturated rings. The van der Waals surface area contributed by atoms with E-state index < -0.39 is 38.8 Å². The molecule has 3 rings (SSSR count). The lowest BCUT2D eigenvalue weighted by Gasteiger charge is -2.19. The lowest BCUT2D eigenvalue weighted by Crippen LogP contribution is -2.38. The molecule has 0 radical (unpaired) electrons. The largest absolute Gasteiger partial charge is 0.337 e. The van der Waals surface area contributed by atoms with E-state index in [0.717, 1.165) is 6.26 Å². The fourth-order valence-corrected chi connectivity index (χ4v) is 4.55. The van der Waals surface area contributed by atoms with Crippen molar-refractivity contribution in [2.75, 3.05) is 6.26 Å². The van der Waals surface area contributed by atoms with Gasteiger partial charge < -0.3 is 4.84 Å². The average Bonchev–Trinajstić information content (AvgIpc) is 3.08. The minimum atomic E-state index is -3.40. The van der Waals surface area contributed by atoms with Gasteiger partial charge in [0.15, 0.2) is 9.84 Å². The maximum atomic E-state index is 12.3. The molecule has 1 aromatic carbocycles. The van der Waals surface area contributed by atoms with Crippen molar-refractivity contribution in [3.05, 3.63) is 35.4 Å². The zero-order chi connectivity index (χ0) is 16.8. The van der Waals surface area contributed by atoms with Crippen LogP contribution in [-0.4, -0.2) is 42.8 Å². The van der Waals surface area contributed by atoms with Gasteiger partial charge >= 0.3 is 5.97 Å². The number of fused-ring (bicyclic) bond motifs is 1. The normalized spacial score (nSPS) is 24.0. The van der Waals surface area contributed by atoms with E-state index >= 15 is 0 Å². The smallest absolute Gasteiger partial charge is 0.329 e. The van der Waals surface area contributed by atoms with E-state index in [2.05, 4.69) is 0 Å². The van der Waals surface area contributed by atoms with Gasteiger partial charge in [-0.25, -0.2) is 13.2 Å². The Balaban J connectivity index is 1.80. The summed E-state index contributed by atoms with van der Waals surface area (Å²) in [5.41, 5.74) is 0.327. The maximum Gasteiger partial charge on any atom is 0.337 e. The molecule has 0 N–H and O–H groups in total. The number of sulfone groups is 1. The van der Waals surface area contributed by atoms with Gasteiger partial charge in [-0.2, -0.15) is 0 Å². The van der Waals surface area contributed by atoms with Crippen molar-refractivity contribution in [2.24, 2.45) is 5.92 Å². The van der Waals surface area contributed by atoms with Crippen LogP contribution < -0.4 is 0 Å². The highest BCUT2D eigenvalue weighted by Crippen LogP contribution is 2.33. The summed E-state index contributed by atoms with van der Waals surface area (Å²) in [6.45, 7) is 0. The molecule has 2 amide bonds. The minimum Gasteiger partial charge on any atom is -0.329 e. The van der Waals surface area contributed by atoms with Crippen molar-refractivity contribution in [1.29, 1.82) is 0 Å². The van der Waals surface area contributed by atoms with Crippen molar-refractivity contribution in [2.45, 2.75) is 24.5 Å². The van der Waals surface area contributed by atoms with Crippen LogP contribution in [0, 0.1) is 5.92 Å². The van der Waals surface area contributed by atoms with E-state index in [1.807, 2.05) is 0 Å². The molecule has 23 heavy (non-hydrogen) atoms. The van der Waals surface area contributed by atoms with Gasteiger partial charge in [-0.15, -0.1) is 0 Å². The second kappa shape index (κ2) is 5.45. The minimum absolute atomic E-state index is 0.163. The molecule has 1 aliphatic carbocycles. The van der Waals surface area contributed by atoms with Crippen LogP contribution >= 0.6 is 0 Å². The summed E-state index contributed by atoms with van der Waals surface area (Å²) >= 11 is 0. The number of benzene rings is 1. The van der Waals surface area contributed by atoms with Crippen LogP contribution in [0.4, 0.5) is 0 Å². The summed E-state index contributed by atoms with van der Waals surface area (Å²) in [5.74, 6) is -3.14. The molecule has 122 valence electrons. The summed E-state index contributed by atoms with van der Waals surface area (Å²) < 4.78 is 23.5. The van der Waals surface area contributed by atoms with Gasteiger partial charge in [-0.3, -0.25) is 9.59 Å². The Bertz CT molecular complexity index is 765. The molecule has 1 aromatic rings.